The fraction of sp³-hybridized carbons (Fsp3) is 0.148. The summed E-state index contributed by atoms with van der Waals surface area (Å²) in [5.74, 6) is -0.0240. The third-order valence-corrected chi connectivity index (χ3v) is 6.68. The van der Waals surface area contributed by atoms with Crippen LogP contribution in [-0.4, -0.2) is 31.1 Å². The first-order chi connectivity index (χ1) is 18.2. The number of halogens is 4. The number of ether oxygens (including phenoxy) is 4. The molecule has 0 fully saturated rings. The molecule has 196 valence electrons. The highest BCUT2D eigenvalue weighted by atomic mass is 79.9. The minimum Gasteiger partial charge on any atom is -0.490 e. The molecule has 0 atom stereocenters. The van der Waals surface area contributed by atoms with E-state index in [0.29, 0.717) is 49.8 Å². The van der Waals surface area contributed by atoms with Gasteiger partial charge in [0.2, 0.25) is 5.90 Å². The molecule has 3 aromatic carbocycles. The van der Waals surface area contributed by atoms with Gasteiger partial charge in [0.1, 0.15) is 0 Å². The van der Waals surface area contributed by atoms with E-state index < -0.39 is 11.9 Å². The number of benzene rings is 3. The molecule has 38 heavy (non-hydrogen) atoms. The zero-order valence-electron chi connectivity index (χ0n) is 20.0. The lowest BCUT2D eigenvalue weighted by molar-refractivity contribution is -0.129. The van der Waals surface area contributed by atoms with Crippen LogP contribution in [0.3, 0.4) is 0 Å². The average molecular weight is 684 g/mol. The van der Waals surface area contributed by atoms with E-state index in [2.05, 4.69) is 36.9 Å². The van der Waals surface area contributed by atoms with Crippen LogP contribution in [0.2, 0.25) is 10.0 Å². The van der Waals surface area contributed by atoms with E-state index in [9.17, 15) is 9.59 Å². The number of hydrogen-bond acceptors (Lipinski definition) is 7. The van der Waals surface area contributed by atoms with Crippen molar-refractivity contribution in [2.45, 2.75) is 13.8 Å². The molecule has 0 saturated heterocycles. The summed E-state index contributed by atoms with van der Waals surface area (Å²) in [6, 6.07) is 13.0. The summed E-state index contributed by atoms with van der Waals surface area (Å²) in [6.45, 7) is 4.64. The second-order valence-corrected chi connectivity index (χ2v) is 10.3. The van der Waals surface area contributed by atoms with Crippen molar-refractivity contribution in [3.63, 3.8) is 0 Å². The standard InChI is InChI=1S/C27H19Br2Cl2NO6/c1-3-35-22-8-5-14(11-23(22)36-4-2)25-32-21(27(34)38-25)10-15-9-16(28)12-19(29)24(15)37-26(33)18-7-6-17(30)13-20(18)31/h5-13H,3-4H2,1-2H3/b21-10-. The summed E-state index contributed by atoms with van der Waals surface area (Å²) in [7, 11) is 0. The van der Waals surface area contributed by atoms with Gasteiger partial charge in [0.15, 0.2) is 22.9 Å². The van der Waals surface area contributed by atoms with Crippen molar-refractivity contribution < 1.29 is 28.5 Å². The molecule has 7 nitrogen and oxygen atoms in total. The maximum atomic E-state index is 12.9. The van der Waals surface area contributed by atoms with E-state index >= 15 is 0 Å². The number of rotatable bonds is 8. The van der Waals surface area contributed by atoms with Gasteiger partial charge in [-0.3, -0.25) is 0 Å². The molecule has 1 aliphatic rings. The summed E-state index contributed by atoms with van der Waals surface area (Å²) >= 11 is 18.9. The summed E-state index contributed by atoms with van der Waals surface area (Å²) in [6.07, 6.45) is 1.47. The molecule has 0 unspecified atom stereocenters. The van der Waals surface area contributed by atoms with Crippen molar-refractivity contribution in [2.24, 2.45) is 4.99 Å². The van der Waals surface area contributed by atoms with Gasteiger partial charge in [0, 0.05) is 20.6 Å². The largest absolute Gasteiger partial charge is 0.490 e. The molecule has 0 N–H and O–H groups in total. The van der Waals surface area contributed by atoms with Gasteiger partial charge in [-0.05, 0) is 84.4 Å². The minimum atomic E-state index is -0.703. The second-order valence-electron chi connectivity index (χ2n) is 7.68. The Balaban J connectivity index is 1.69. The summed E-state index contributed by atoms with van der Waals surface area (Å²) in [4.78, 5) is 30.0. The van der Waals surface area contributed by atoms with Gasteiger partial charge in [0.05, 0.1) is 28.3 Å². The second kappa shape index (κ2) is 12.3. The smallest absolute Gasteiger partial charge is 0.363 e. The fourth-order valence-corrected chi connectivity index (χ4v) is 5.29. The highest BCUT2D eigenvalue weighted by molar-refractivity contribution is 9.11. The third kappa shape index (κ3) is 6.40. The Morgan fingerprint density at radius 1 is 1.00 bits per heavy atom. The molecule has 1 aliphatic heterocycles. The Kier molecular flexibility index (Phi) is 9.15. The first kappa shape index (κ1) is 28.2. The molecule has 0 bridgehead atoms. The van der Waals surface area contributed by atoms with Crippen LogP contribution in [0.4, 0.5) is 0 Å². The number of cyclic esters (lactones) is 1. The number of carbonyl (C=O) groups is 2. The summed E-state index contributed by atoms with van der Waals surface area (Å²) in [5.41, 5.74) is 1.07. The average Bonchev–Trinajstić information content (AvgIpc) is 3.22. The maximum absolute atomic E-state index is 12.9. The van der Waals surface area contributed by atoms with Gasteiger partial charge < -0.3 is 18.9 Å². The number of esters is 2. The zero-order valence-corrected chi connectivity index (χ0v) is 24.7. The van der Waals surface area contributed by atoms with Gasteiger partial charge >= 0.3 is 11.9 Å². The predicted octanol–water partition coefficient (Wildman–Crippen LogP) is 7.88. The van der Waals surface area contributed by atoms with Crippen molar-refractivity contribution in [1.82, 2.24) is 0 Å². The highest BCUT2D eigenvalue weighted by Gasteiger charge is 2.26. The van der Waals surface area contributed by atoms with E-state index in [1.807, 2.05) is 13.8 Å². The Labute approximate surface area is 245 Å². The molecule has 0 aromatic heterocycles. The monoisotopic (exact) mass is 681 g/mol. The van der Waals surface area contributed by atoms with Gasteiger partial charge in [-0.25, -0.2) is 14.6 Å². The molecule has 3 aromatic rings. The molecule has 0 spiro atoms. The number of carbonyl (C=O) groups excluding carboxylic acids is 2. The SMILES string of the molecule is CCOc1ccc(C2=N/C(=C\c3cc(Br)cc(Br)c3OC(=O)c3ccc(Cl)cc3Cl)C(=O)O2)cc1OCC. The Bertz CT molecular complexity index is 1490. The van der Waals surface area contributed by atoms with Gasteiger partial charge in [0.25, 0.3) is 0 Å². The van der Waals surface area contributed by atoms with E-state index in [0.717, 1.165) is 0 Å². The predicted molar refractivity (Wildman–Crippen MR) is 153 cm³/mol. The summed E-state index contributed by atoms with van der Waals surface area (Å²) < 4.78 is 23.5. The van der Waals surface area contributed by atoms with Crippen molar-refractivity contribution >= 4 is 79.0 Å². The molecule has 11 heteroatoms. The van der Waals surface area contributed by atoms with Gasteiger partial charge in [-0.15, -0.1) is 0 Å². The van der Waals surface area contributed by atoms with E-state index in [4.69, 9.17) is 42.1 Å². The van der Waals surface area contributed by atoms with Crippen LogP contribution in [-0.2, 0) is 9.53 Å². The Morgan fingerprint density at radius 2 is 1.74 bits per heavy atom. The number of hydrogen-bond donors (Lipinski definition) is 0. The topological polar surface area (TPSA) is 83.4 Å². The lowest BCUT2D eigenvalue weighted by Crippen LogP contribution is -2.10. The first-order valence-corrected chi connectivity index (χ1v) is 13.6. The molecule has 0 aliphatic carbocycles. The van der Waals surface area contributed by atoms with Crippen molar-refractivity contribution in [3.05, 3.63) is 89.9 Å². The summed E-state index contributed by atoms with van der Waals surface area (Å²) in [5, 5.41) is 0.530. The van der Waals surface area contributed by atoms with E-state index in [1.54, 1.807) is 30.3 Å². The molecule has 0 saturated carbocycles. The molecule has 0 amide bonds. The van der Waals surface area contributed by atoms with Crippen LogP contribution < -0.4 is 14.2 Å². The normalized spacial score (nSPS) is 13.8. The van der Waals surface area contributed by atoms with Gasteiger partial charge in [-0.1, -0.05) is 39.1 Å². The van der Waals surface area contributed by atoms with Crippen LogP contribution in [0.25, 0.3) is 6.08 Å². The van der Waals surface area contributed by atoms with E-state index in [1.165, 1.54) is 24.3 Å². The molecular weight excluding hydrogens is 665 g/mol. The fourth-order valence-electron chi connectivity index (χ4n) is 3.46. The minimum absolute atomic E-state index is 0.0127. The quantitative estimate of drug-likeness (QED) is 0.137. The zero-order chi connectivity index (χ0) is 27.4. The maximum Gasteiger partial charge on any atom is 0.363 e. The molecule has 4 rings (SSSR count). The lowest BCUT2D eigenvalue weighted by Gasteiger charge is -2.12. The molecular formula is C27H19Br2Cl2NO6. The first-order valence-electron chi connectivity index (χ1n) is 11.3. The van der Waals surface area contributed by atoms with Gasteiger partial charge in [-0.2, -0.15) is 0 Å². The van der Waals surface area contributed by atoms with Crippen molar-refractivity contribution in [2.75, 3.05) is 13.2 Å². The Hall–Kier alpha value is -2.85. The highest BCUT2D eigenvalue weighted by Crippen LogP contribution is 2.37. The van der Waals surface area contributed by atoms with Crippen LogP contribution in [0, 0.1) is 0 Å². The van der Waals surface area contributed by atoms with Crippen LogP contribution in [0.15, 0.2) is 68.2 Å². The van der Waals surface area contributed by atoms with Crippen LogP contribution >= 0.6 is 55.1 Å². The van der Waals surface area contributed by atoms with Crippen molar-refractivity contribution in [3.8, 4) is 17.2 Å². The molecule has 0 radical (unpaired) electrons. The Morgan fingerprint density at radius 3 is 2.45 bits per heavy atom. The van der Waals surface area contributed by atoms with Crippen molar-refractivity contribution in [1.29, 1.82) is 0 Å². The van der Waals surface area contributed by atoms with Crippen LogP contribution in [0.1, 0.15) is 35.3 Å². The van der Waals surface area contributed by atoms with E-state index in [-0.39, 0.29) is 27.9 Å². The third-order valence-electron chi connectivity index (χ3n) is 5.09. The number of nitrogens with zero attached hydrogens (tertiary/aromatic N) is 1. The number of aliphatic imine (C=N–C) groups is 1. The lowest BCUT2D eigenvalue weighted by atomic mass is 10.1. The molecule has 1 heterocycles. The van der Waals surface area contributed by atoms with Crippen LogP contribution in [0.5, 0.6) is 17.2 Å².